The van der Waals surface area contributed by atoms with Crippen LogP contribution < -0.4 is 10.5 Å². The summed E-state index contributed by atoms with van der Waals surface area (Å²) in [6.45, 7) is 0. The first kappa shape index (κ1) is 14.1. The molecule has 3 N–H and O–H groups in total. The van der Waals surface area contributed by atoms with Crippen molar-refractivity contribution in [3.8, 4) is 5.75 Å². The zero-order valence-electron chi connectivity index (χ0n) is 11.0. The lowest BCUT2D eigenvalue weighted by Crippen LogP contribution is -2.13. The van der Waals surface area contributed by atoms with Crippen LogP contribution in [0, 0.1) is 0 Å². The Bertz CT molecular complexity index is 627. The number of rotatable bonds is 5. The fourth-order valence-electron chi connectivity index (χ4n) is 1.59. The number of methoxy groups -OCH3 is 1. The number of amidine groups is 1. The SMILES string of the molecule is COc1ccc(/C(N)=N/O)cc1CSc1nnnn1C. The normalized spacial score (nSPS) is 11.6. The van der Waals surface area contributed by atoms with Crippen LogP contribution in [0.4, 0.5) is 0 Å². The molecule has 1 heterocycles. The average Bonchev–Trinajstić information content (AvgIpc) is 2.89. The highest BCUT2D eigenvalue weighted by atomic mass is 32.2. The molecule has 0 unspecified atom stereocenters. The molecule has 0 radical (unpaired) electrons. The summed E-state index contributed by atoms with van der Waals surface area (Å²) >= 11 is 1.47. The summed E-state index contributed by atoms with van der Waals surface area (Å²) in [5.41, 5.74) is 7.12. The predicted octanol–water partition coefficient (Wildman–Crippen LogP) is 0.605. The summed E-state index contributed by atoms with van der Waals surface area (Å²) in [5.74, 6) is 1.38. The lowest BCUT2D eigenvalue weighted by Gasteiger charge is -2.09. The molecular formula is C11H14N6O2S. The van der Waals surface area contributed by atoms with E-state index in [-0.39, 0.29) is 5.84 Å². The first-order valence-electron chi connectivity index (χ1n) is 5.65. The lowest BCUT2D eigenvalue weighted by molar-refractivity contribution is 0.318. The Balaban J connectivity index is 2.22. The van der Waals surface area contributed by atoms with E-state index >= 15 is 0 Å². The van der Waals surface area contributed by atoms with E-state index in [0.717, 1.165) is 11.3 Å². The van der Waals surface area contributed by atoms with Gasteiger partial charge in [0.25, 0.3) is 0 Å². The van der Waals surface area contributed by atoms with Gasteiger partial charge in [0.2, 0.25) is 5.16 Å². The summed E-state index contributed by atoms with van der Waals surface area (Å²) in [6, 6.07) is 5.31. The third-order valence-electron chi connectivity index (χ3n) is 2.62. The second kappa shape index (κ2) is 6.24. The summed E-state index contributed by atoms with van der Waals surface area (Å²) < 4.78 is 6.89. The van der Waals surface area contributed by atoms with E-state index in [9.17, 15) is 0 Å². The molecule has 2 aromatic rings. The van der Waals surface area contributed by atoms with Crippen molar-refractivity contribution in [1.82, 2.24) is 20.2 Å². The zero-order valence-corrected chi connectivity index (χ0v) is 11.8. The van der Waals surface area contributed by atoms with Gasteiger partial charge in [0.15, 0.2) is 5.84 Å². The molecule has 0 spiro atoms. The molecule has 0 bridgehead atoms. The second-order valence-electron chi connectivity index (χ2n) is 3.89. The molecule has 0 atom stereocenters. The van der Waals surface area contributed by atoms with E-state index in [1.165, 1.54) is 11.8 Å². The number of aromatic nitrogens is 4. The topological polar surface area (TPSA) is 111 Å². The maximum Gasteiger partial charge on any atom is 0.209 e. The van der Waals surface area contributed by atoms with E-state index in [2.05, 4.69) is 20.7 Å². The quantitative estimate of drug-likeness (QED) is 0.273. The van der Waals surface area contributed by atoms with Gasteiger partial charge >= 0.3 is 0 Å². The van der Waals surface area contributed by atoms with Gasteiger partial charge in [-0.1, -0.05) is 16.9 Å². The van der Waals surface area contributed by atoms with Crippen LogP contribution in [0.15, 0.2) is 28.5 Å². The van der Waals surface area contributed by atoms with Gasteiger partial charge in [0, 0.05) is 23.9 Å². The third-order valence-corrected chi connectivity index (χ3v) is 3.68. The Morgan fingerprint density at radius 3 is 2.95 bits per heavy atom. The van der Waals surface area contributed by atoms with Gasteiger partial charge in [-0.3, -0.25) is 0 Å². The molecule has 0 aliphatic carbocycles. The minimum atomic E-state index is 0.0548. The van der Waals surface area contributed by atoms with Gasteiger partial charge in [-0.25, -0.2) is 4.68 Å². The molecule has 0 amide bonds. The smallest absolute Gasteiger partial charge is 0.209 e. The lowest BCUT2D eigenvalue weighted by atomic mass is 10.1. The van der Waals surface area contributed by atoms with Crippen molar-refractivity contribution in [2.24, 2.45) is 17.9 Å². The van der Waals surface area contributed by atoms with Crippen molar-refractivity contribution >= 4 is 17.6 Å². The minimum absolute atomic E-state index is 0.0548. The zero-order chi connectivity index (χ0) is 14.5. The van der Waals surface area contributed by atoms with Crippen LogP contribution >= 0.6 is 11.8 Å². The molecule has 20 heavy (non-hydrogen) atoms. The fourth-order valence-corrected chi connectivity index (χ4v) is 2.42. The molecule has 0 aliphatic heterocycles. The average molecular weight is 294 g/mol. The number of ether oxygens (including phenoxy) is 1. The number of aryl methyl sites for hydroxylation is 1. The summed E-state index contributed by atoms with van der Waals surface area (Å²) in [6.07, 6.45) is 0. The van der Waals surface area contributed by atoms with Gasteiger partial charge in [-0.05, 0) is 28.6 Å². The van der Waals surface area contributed by atoms with Crippen molar-refractivity contribution in [1.29, 1.82) is 0 Å². The van der Waals surface area contributed by atoms with E-state index in [1.807, 2.05) is 6.07 Å². The molecule has 2 rings (SSSR count). The monoisotopic (exact) mass is 294 g/mol. The number of hydrogen-bond acceptors (Lipinski definition) is 7. The number of tetrazole rings is 1. The van der Waals surface area contributed by atoms with Gasteiger partial charge in [-0.2, -0.15) is 0 Å². The van der Waals surface area contributed by atoms with Crippen LogP contribution in [0.2, 0.25) is 0 Å². The van der Waals surface area contributed by atoms with Gasteiger partial charge in [0.1, 0.15) is 5.75 Å². The standard InChI is InChI=1S/C11H14N6O2S/c1-17-11(13-15-16-17)20-6-8-5-7(10(12)14-18)3-4-9(8)19-2/h3-5,18H,6H2,1-2H3,(H2,12,14). The van der Waals surface area contributed by atoms with Crippen molar-refractivity contribution in [2.75, 3.05) is 7.11 Å². The highest BCUT2D eigenvalue weighted by molar-refractivity contribution is 7.98. The van der Waals surface area contributed by atoms with Crippen LogP contribution in [0.3, 0.4) is 0 Å². The predicted molar refractivity (Wildman–Crippen MR) is 73.9 cm³/mol. The molecule has 106 valence electrons. The van der Waals surface area contributed by atoms with Crippen molar-refractivity contribution < 1.29 is 9.94 Å². The first-order chi connectivity index (χ1) is 9.65. The van der Waals surface area contributed by atoms with Crippen molar-refractivity contribution in [3.05, 3.63) is 29.3 Å². The molecule has 0 aliphatic rings. The van der Waals surface area contributed by atoms with Crippen LogP contribution in [-0.4, -0.2) is 38.4 Å². The number of thioether (sulfide) groups is 1. The Kier molecular flexibility index (Phi) is 4.41. The Labute approximate surface area is 119 Å². The molecule has 9 heteroatoms. The third kappa shape index (κ3) is 2.99. The van der Waals surface area contributed by atoms with E-state index in [1.54, 1.807) is 31.0 Å². The van der Waals surface area contributed by atoms with Gasteiger partial charge in [0.05, 0.1) is 7.11 Å². The maximum absolute atomic E-state index is 8.72. The second-order valence-corrected chi connectivity index (χ2v) is 4.83. The van der Waals surface area contributed by atoms with E-state index in [0.29, 0.717) is 16.5 Å². The Morgan fingerprint density at radius 2 is 2.35 bits per heavy atom. The van der Waals surface area contributed by atoms with Gasteiger partial charge < -0.3 is 15.7 Å². The number of nitrogens with zero attached hydrogens (tertiary/aromatic N) is 5. The molecule has 0 fully saturated rings. The van der Waals surface area contributed by atoms with Crippen LogP contribution in [0.5, 0.6) is 5.75 Å². The number of hydrogen-bond donors (Lipinski definition) is 2. The molecule has 0 saturated heterocycles. The van der Waals surface area contributed by atoms with Crippen molar-refractivity contribution in [2.45, 2.75) is 10.9 Å². The van der Waals surface area contributed by atoms with Crippen LogP contribution in [0.1, 0.15) is 11.1 Å². The van der Waals surface area contributed by atoms with Crippen LogP contribution in [0.25, 0.3) is 0 Å². The highest BCUT2D eigenvalue weighted by Gasteiger charge is 2.10. The molecular weight excluding hydrogens is 280 g/mol. The number of oxime groups is 1. The Hall–Kier alpha value is -2.29. The Morgan fingerprint density at radius 1 is 1.55 bits per heavy atom. The number of benzene rings is 1. The fraction of sp³-hybridized carbons (Fsp3) is 0.273. The molecule has 0 saturated carbocycles. The summed E-state index contributed by atoms with van der Waals surface area (Å²) in [7, 11) is 3.36. The first-order valence-corrected chi connectivity index (χ1v) is 6.64. The molecule has 1 aromatic carbocycles. The summed E-state index contributed by atoms with van der Waals surface area (Å²) in [5, 5.41) is 23.6. The van der Waals surface area contributed by atoms with Gasteiger partial charge in [-0.15, -0.1) is 5.10 Å². The highest BCUT2D eigenvalue weighted by Crippen LogP contribution is 2.27. The van der Waals surface area contributed by atoms with E-state index in [4.69, 9.17) is 15.7 Å². The minimum Gasteiger partial charge on any atom is -0.496 e. The maximum atomic E-state index is 8.72. The van der Waals surface area contributed by atoms with E-state index < -0.39 is 0 Å². The van der Waals surface area contributed by atoms with Crippen molar-refractivity contribution in [3.63, 3.8) is 0 Å². The number of nitrogens with two attached hydrogens (primary N) is 1. The van der Waals surface area contributed by atoms with Crippen LogP contribution in [-0.2, 0) is 12.8 Å². The molecule has 1 aromatic heterocycles. The summed E-state index contributed by atoms with van der Waals surface area (Å²) in [4.78, 5) is 0. The largest absolute Gasteiger partial charge is 0.496 e. The molecule has 8 nitrogen and oxygen atoms in total.